The van der Waals surface area contributed by atoms with Crippen LogP contribution >= 0.6 is 11.6 Å². The Kier molecular flexibility index (Phi) is 5.23. The number of rotatable bonds is 5. The monoisotopic (exact) mass is 303 g/mol. The predicted molar refractivity (Wildman–Crippen MR) is 85.1 cm³/mol. The van der Waals surface area contributed by atoms with Crippen LogP contribution in [0.15, 0.2) is 48.5 Å². The van der Waals surface area contributed by atoms with Crippen molar-refractivity contribution in [1.82, 2.24) is 5.32 Å². The molecule has 1 unspecified atom stereocenters. The Labute approximate surface area is 129 Å². The molecule has 2 rings (SSSR count). The van der Waals surface area contributed by atoms with Crippen LogP contribution in [-0.2, 0) is 6.42 Å². The van der Waals surface area contributed by atoms with E-state index < -0.39 is 0 Å². The van der Waals surface area contributed by atoms with E-state index >= 15 is 0 Å². The molecule has 2 aromatic carbocycles. The number of hydrogen-bond donors (Lipinski definition) is 1. The maximum atomic E-state index is 12.1. The molecule has 2 aromatic rings. The number of carbonyl (C=O) groups excluding carboxylic acids is 1. The minimum absolute atomic E-state index is 0.0172. The normalized spacial score (nSPS) is 11.8. The van der Waals surface area contributed by atoms with Crippen molar-refractivity contribution in [1.29, 1.82) is 0 Å². The molecule has 1 atom stereocenters. The lowest BCUT2D eigenvalue weighted by atomic mass is 10.1. The highest BCUT2D eigenvalue weighted by molar-refractivity contribution is 6.30. The zero-order valence-electron chi connectivity index (χ0n) is 12.1. The third-order valence-corrected chi connectivity index (χ3v) is 3.38. The van der Waals surface area contributed by atoms with Crippen molar-refractivity contribution in [2.45, 2.75) is 19.4 Å². The van der Waals surface area contributed by atoms with Gasteiger partial charge in [0, 0.05) is 16.6 Å². The van der Waals surface area contributed by atoms with E-state index in [0.29, 0.717) is 10.6 Å². The number of halogens is 1. The molecular formula is C17H18ClNO2. The molecule has 1 amide bonds. The second-order valence-electron chi connectivity index (χ2n) is 4.94. The van der Waals surface area contributed by atoms with Crippen LogP contribution in [0.25, 0.3) is 0 Å². The van der Waals surface area contributed by atoms with Crippen molar-refractivity contribution >= 4 is 17.5 Å². The number of hydrogen-bond acceptors (Lipinski definition) is 2. The Hall–Kier alpha value is -2.00. The smallest absolute Gasteiger partial charge is 0.251 e. The molecule has 110 valence electrons. The molecule has 0 fully saturated rings. The lowest BCUT2D eigenvalue weighted by Crippen LogP contribution is -2.34. The van der Waals surface area contributed by atoms with Gasteiger partial charge in [-0.3, -0.25) is 4.79 Å². The van der Waals surface area contributed by atoms with Crippen molar-refractivity contribution in [3.8, 4) is 5.75 Å². The summed E-state index contributed by atoms with van der Waals surface area (Å²) in [4.78, 5) is 12.1. The first-order valence-electron chi connectivity index (χ1n) is 6.78. The average molecular weight is 304 g/mol. The van der Waals surface area contributed by atoms with Gasteiger partial charge in [-0.15, -0.1) is 0 Å². The van der Waals surface area contributed by atoms with Crippen LogP contribution in [0.4, 0.5) is 0 Å². The lowest BCUT2D eigenvalue weighted by Gasteiger charge is -2.14. The lowest BCUT2D eigenvalue weighted by molar-refractivity contribution is 0.0940. The van der Waals surface area contributed by atoms with Gasteiger partial charge >= 0.3 is 0 Å². The van der Waals surface area contributed by atoms with Gasteiger partial charge in [-0.2, -0.15) is 0 Å². The minimum atomic E-state index is -0.118. The van der Waals surface area contributed by atoms with E-state index in [1.165, 1.54) is 0 Å². The van der Waals surface area contributed by atoms with Crippen LogP contribution < -0.4 is 10.1 Å². The summed E-state index contributed by atoms with van der Waals surface area (Å²) in [6.45, 7) is 1.97. The summed E-state index contributed by atoms with van der Waals surface area (Å²) in [5.41, 5.74) is 1.69. The third-order valence-electron chi connectivity index (χ3n) is 3.14. The number of amides is 1. The zero-order chi connectivity index (χ0) is 15.2. The predicted octanol–water partition coefficient (Wildman–Crippen LogP) is 3.71. The van der Waals surface area contributed by atoms with Crippen LogP contribution in [0.1, 0.15) is 22.8 Å². The summed E-state index contributed by atoms with van der Waals surface area (Å²) in [7, 11) is 1.64. The maximum absolute atomic E-state index is 12.1. The van der Waals surface area contributed by atoms with E-state index in [1.54, 1.807) is 31.4 Å². The van der Waals surface area contributed by atoms with Crippen LogP contribution in [0.3, 0.4) is 0 Å². The van der Waals surface area contributed by atoms with Gasteiger partial charge in [-0.05, 0) is 49.2 Å². The summed E-state index contributed by atoms with van der Waals surface area (Å²) in [5, 5.41) is 3.53. The van der Waals surface area contributed by atoms with Gasteiger partial charge in [0.05, 0.1) is 7.11 Å². The molecule has 3 nitrogen and oxygen atoms in total. The standard InChI is InChI=1S/C17H18ClNO2/c1-12(9-13-5-3-8-16(10-13)21-2)19-17(20)14-6-4-7-15(18)11-14/h3-8,10-12H,9H2,1-2H3,(H,19,20). The Bertz CT molecular complexity index is 628. The Morgan fingerprint density at radius 3 is 2.71 bits per heavy atom. The van der Waals surface area contributed by atoms with E-state index in [9.17, 15) is 4.79 Å². The Balaban J connectivity index is 1.97. The highest BCUT2D eigenvalue weighted by Gasteiger charge is 2.11. The summed E-state index contributed by atoms with van der Waals surface area (Å²) in [6, 6.07) is 14.8. The highest BCUT2D eigenvalue weighted by atomic mass is 35.5. The topological polar surface area (TPSA) is 38.3 Å². The second-order valence-corrected chi connectivity index (χ2v) is 5.38. The highest BCUT2D eigenvalue weighted by Crippen LogP contribution is 2.14. The molecule has 0 radical (unpaired) electrons. The van der Waals surface area contributed by atoms with Gasteiger partial charge in [-0.1, -0.05) is 29.8 Å². The first-order valence-corrected chi connectivity index (χ1v) is 7.15. The Morgan fingerprint density at radius 1 is 1.24 bits per heavy atom. The van der Waals surface area contributed by atoms with Gasteiger partial charge in [0.1, 0.15) is 5.75 Å². The van der Waals surface area contributed by atoms with Gasteiger partial charge in [0.2, 0.25) is 0 Å². The van der Waals surface area contributed by atoms with E-state index in [1.807, 2.05) is 31.2 Å². The Morgan fingerprint density at radius 2 is 2.00 bits per heavy atom. The molecule has 0 spiro atoms. The molecule has 0 aliphatic carbocycles. The molecule has 0 aromatic heterocycles. The van der Waals surface area contributed by atoms with E-state index in [-0.39, 0.29) is 11.9 Å². The van der Waals surface area contributed by atoms with Crippen LogP contribution in [0.5, 0.6) is 5.75 Å². The van der Waals surface area contributed by atoms with Crippen LogP contribution in [-0.4, -0.2) is 19.1 Å². The summed E-state index contributed by atoms with van der Waals surface area (Å²) < 4.78 is 5.20. The number of benzene rings is 2. The molecule has 0 saturated heterocycles. The van der Waals surface area contributed by atoms with Crippen LogP contribution in [0, 0.1) is 0 Å². The van der Waals surface area contributed by atoms with Crippen molar-refractivity contribution in [2.24, 2.45) is 0 Å². The molecule has 0 aliphatic rings. The molecular weight excluding hydrogens is 286 g/mol. The van der Waals surface area contributed by atoms with E-state index in [4.69, 9.17) is 16.3 Å². The summed E-state index contributed by atoms with van der Waals surface area (Å²) in [5.74, 6) is 0.703. The number of nitrogens with one attached hydrogen (secondary N) is 1. The molecule has 4 heteroatoms. The quantitative estimate of drug-likeness (QED) is 0.914. The van der Waals surface area contributed by atoms with E-state index in [0.717, 1.165) is 17.7 Å². The second kappa shape index (κ2) is 7.14. The molecule has 0 aliphatic heterocycles. The van der Waals surface area contributed by atoms with E-state index in [2.05, 4.69) is 5.32 Å². The van der Waals surface area contributed by atoms with Gasteiger partial charge in [0.15, 0.2) is 0 Å². The van der Waals surface area contributed by atoms with Crippen LogP contribution in [0.2, 0.25) is 5.02 Å². The third kappa shape index (κ3) is 4.50. The summed E-state index contributed by atoms with van der Waals surface area (Å²) in [6.07, 6.45) is 0.740. The minimum Gasteiger partial charge on any atom is -0.497 e. The fourth-order valence-corrected chi connectivity index (χ4v) is 2.33. The molecule has 0 saturated carbocycles. The fraction of sp³-hybridized carbons (Fsp3) is 0.235. The number of methoxy groups -OCH3 is 1. The van der Waals surface area contributed by atoms with Crippen molar-refractivity contribution < 1.29 is 9.53 Å². The van der Waals surface area contributed by atoms with Gasteiger partial charge < -0.3 is 10.1 Å². The number of ether oxygens (including phenoxy) is 1. The molecule has 21 heavy (non-hydrogen) atoms. The maximum Gasteiger partial charge on any atom is 0.251 e. The average Bonchev–Trinajstić information content (AvgIpc) is 2.47. The van der Waals surface area contributed by atoms with Crippen molar-refractivity contribution in [3.63, 3.8) is 0 Å². The fourth-order valence-electron chi connectivity index (χ4n) is 2.14. The SMILES string of the molecule is COc1cccc(CC(C)NC(=O)c2cccc(Cl)c2)c1. The molecule has 1 N–H and O–H groups in total. The van der Waals surface area contributed by atoms with Crippen molar-refractivity contribution in [3.05, 3.63) is 64.7 Å². The largest absolute Gasteiger partial charge is 0.497 e. The zero-order valence-corrected chi connectivity index (χ0v) is 12.9. The first-order chi connectivity index (χ1) is 10.1. The molecule has 0 bridgehead atoms. The van der Waals surface area contributed by atoms with Gasteiger partial charge in [-0.25, -0.2) is 0 Å². The summed E-state index contributed by atoms with van der Waals surface area (Å²) >= 11 is 5.89. The first kappa shape index (κ1) is 15.4. The van der Waals surface area contributed by atoms with Crippen molar-refractivity contribution in [2.75, 3.05) is 7.11 Å². The number of carbonyl (C=O) groups is 1. The molecule has 0 heterocycles. The van der Waals surface area contributed by atoms with Gasteiger partial charge in [0.25, 0.3) is 5.91 Å².